The Morgan fingerprint density at radius 3 is 2.25 bits per heavy atom. The molecule has 5 N–H and O–H groups in total. The fourth-order valence-corrected chi connectivity index (χ4v) is 8.75. The Kier molecular flexibility index (Phi) is 20.6. The predicted molar refractivity (Wildman–Crippen MR) is 216 cm³/mol. The van der Waals surface area contributed by atoms with Gasteiger partial charge in [0.05, 0.1) is 48.8 Å². The van der Waals surface area contributed by atoms with E-state index in [1.165, 1.54) is 13.2 Å². The first kappa shape index (κ1) is 47.7. The highest BCUT2D eigenvalue weighted by Crippen LogP contribution is 2.47. The van der Waals surface area contributed by atoms with Gasteiger partial charge >= 0.3 is 5.97 Å². The minimum absolute atomic E-state index is 0.0136. The molecule has 0 unspecified atom stereocenters. The lowest BCUT2D eigenvalue weighted by atomic mass is 9.78. The molecule has 2 fully saturated rings. The third-order valence-electron chi connectivity index (χ3n) is 12.9. The largest absolute Gasteiger partial charge is 0.459 e. The van der Waals surface area contributed by atoms with Crippen LogP contribution >= 0.6 is 0 Å². The van der Waals surface area contributed by atoms with E-state index in [-0.39, 0.29) is 42.8 Å². The van der Waals surface area contributed by atoms with Crippen molar-refractivity contribution in [2.75, 3.05) is 7.11 Å². The number of rotatable bonds is 7. The number of aliphatic hydroxyl groups is 5. The summed E-state index contributed by atoms with van der Waals surface area (Å²) in [6, 6.07) is 0. The van der Waals surface area contributed by atoms with Crippen LogP contribution in [0.2, 0.25) is 0 Å². The summed E-state index contributed by atoms with van der Waals surface area (Å²) in [5.41, 5.74) is 0. The van der Waals surface area contributed by atoms with Gasteiger partial charge in [-0.3, -0.25) is 0 Å². The summed E-state index contributed by atoms with van der Waals surface area (Å²) in [6.45, 7) is 13.7. The zero-order chi connectivity index (χ0) is 40.7. The van der Waals surface area contributed by atoms with Crippen LogP contribution in [0.15, 0.2) is 36.5 Å². The molecule has 0 aromatic carbocycles. The maximum Gasteiger partial charge on any atom is 0.330 e. The predicted octanol–water partition coefficient (Wildman–Crippen LogP) is 7.19. The Morgan fingerprint density at radius 1 is 0.891 bits per heavy atom. The Balaban J connectivity index is 1.95. The summed E-state index contributed by atoms with van der Waals surface area (Å²) in [5, 5.41) is 54.5. The highest BCUT2D eigenvalue weighted by Gasteiger charge is 2.52. The highest BCUT2D eigenvalue weighted by atomic mass is 16.7. The number of carbonyl (C=O) groups is 1. The summed E-state index contributed by atoms with van der Waals surface area (Å²) < 4.78 is 25.8. The van der Waals surface area contributed by atoms with Crippen LogP contribution < -0.4 is 0 Å². The number of carbonyl (C=O) groups excluding carboxylic acids is 1. The lowest BCUT2D eigenvalue weighted by Gasteiger charge is -2.52. The van der Waals surface area contributed by atoms with E-state index in [0.29, 0.717) is 38.0 Å². The van der Waals surface area contributed by atoms with Crippen LogP contribution in [0.3, 0.4) is 0 Å². The molecule has 0 aromatic heterocycles. The molecule has 0 aromatic rings. The monoisotopic (exact) mass is 779 g/mol. The number of hydrogen-bond acceptors (Lipinski definition) is 10. The van der Waals surface area contributed by atoms with Gasteiger partial charge in [0.2, 0.25) is 0 Å². The molecular weight excluding hydrogens is 700 g/mol. The average molecular weight is 779 g/mol. The van der Waals surface area contributed by atoms with E-state index in [4.69, 9.17) is 18.9 Å². The van der Waals surface area contributed by atoms with Gasteiger partial charge in [-0.1, -0.05) is 84.8 Å². The lowest BCUT2D eigenvalue weighted by molar-refractivity contribution is -0.349. The zero-order valence-electron chi connectivity index (χ0n) is 35.3. The SMILES string of the molecule is CCCC[C@H]1[C@@H]2C[C@@]3(CC[C@H](C)[C@H](C[C@@H](C)O)O3)O[C@H]1CC[C@@H](CC)/C=C\C=C/CC[C@@H](O)[C@@H](C)[C@@H](O)C[C@@H](OC)C[C@@H](O)[C@H](C)[C@H](O)[C@@H](C)/C=C\C(=O)O2. The molecule has 1 spiro atoms. The Labute approximate surface area is 332 Å². The molecule has 10 nitrogen and oxygen atoms in total. The van der Waals surface area contributed by atoms with Gasteiger partial charge in [0, 0.05) is 49.7 Å². The summed E-state index contributed by atoms with van der Waals surface area (Å²) in [6.07, 6.45) is 15.9. The molecule has 0 aliphatic carbocycles. The molecule has 3 heterocycles. The molecule has 0 amide bonds. The van der Waals surface area contributed by atoms with Crippen LogP contribution in [0.5, 0.6) is 0 Å². The van der Waals surface area contributed by atoms with Gasteiger partial charge in [0.25, 0.3) is 0 Å². The molecule has 16 atom stereocenters. The van der Waals surface area contributed by atoms with Crippen LogP contribution in [0.25, 0.3) is 0 Å². The lowest BCUT2D eigenvalue weighted by Crippen LogP contribution is -2.58. The van der Waals surface area contributed by atoms with E-state index < -0.39 is 66.3 Å². The number of methoxy groups -OCH3 is 1. The molecule has 3 aliphatic heterocycles. The number of unbranched alkanes of at least 4 members (excludes halogenated alkanes) is 1. The number of allylic oxidation sites excluding steroid dienone is 4. The van der Waals surface area contributed by atoms with Crippen molar-refractivity contribution in [3.63, 3.8) is 0 Å². The molecule has 55 heavy (non-hydrogen) atoms. The number of aliphatic hydroxyl groups excluding tert-OH is 5. The van der Waals surface area contributed by atoms with Crippen LogP contribution in [0, 0.1) is 35.5 Å². The van der Waals surface area contributed by atoms with Gasteiger partial charge in [0.1, 0.15) is 6.10 Å². The van der Waals surface area contributed by atoms with E-state index in [9.17, 15) is 30.3 Å². The summed E-state index contributed by atoms with van der Waals surface area (Å²) in [4.78, 5) is 13.6. The van der Waals surface area contributed by atoms with Crippen molar-refractivity contribution in [2.24, 2.45) is 35.5 Å². The highest BCUT2D eigenvalue weighted by molar-refractivity contribution is 5.82. The van der Waals surface area contributed by atoms with Crippen LogP contribution in [-0.2, 0) is 23.7 Å². The van der Waals surface area contributed by atoms with Crippen molar-refractivity contribution in [3.05, 3.63) is 36.5 Å². The van der Waals surface area contributed by atoms with Gasteiger partial charge < -0.3 is 44.5 Å². The fraction of sp³-hybridized carbons (Fsp3) is 0.844. The maximum absolute atomic E-state index is 13.6. The van der Waals surface area contributed by atoms with Gasteiger partial charge in [-0.2, -0.15) is 0 Å². The minimum atomic E-state index is -0.953. The number of esters is 1. The average Bonchev–Trinajstić information content (AvgIpc) is 3.15. The molecule has 10 heteroatoms. The molecule has 0 saturated carbocycles. The molecule has 3 rings (SSSR count). The quantitative estimate of drug-likeness (QED) is 0.168. The molecule has 3 aliphatic rings. The molecule has 318 valence electrons. The summed E-state index contributed by atoms with van der Waals surface area (Å²) in [5.74, 6) is -2.21. The fourth-order valence-electron chi connectivity index (χ4n) is 8.75. The second-order valence-electron chi connectivity index (χ2n) is 17.4. The van der Waals surface area contributed by atoms with Gasteiger partial charge in [-0.05, 0) is 83.0 Å². The first-order chi connectivity index (χ1) is 26.1. The maximum atomic E-state index is 13.6. The van der Waals surface area contributed by atoms with Crippen LogP contribution in [0.1, 0.15) is 138 Å². The van der Waals surface area contributed by atoms with E-state index in [0.717, 1.165) is 44.9 Å². The van der Waals surface area contributed by atoms with E-state index in [2.05, 4.69) is 32.9 Å². The molecule has 2 saturated heterocycles. The van der Waals surface area contributed by atoms with E-state index in [1.54, 1.807) is 19.9 Å². The zero-order valence-corrected chi connectivity index (χ0v) is 35.3. The third kappa shape index (κ3) is 14.9. The van der Waals surface area contributed by atoms with Crippen LogP contribution in [-0.4, -0.2) is 99.3 Å². The van der Waals surface area contributed by atoms with E-state index >= 15 is 0 Å². The van der Waals surface area contributed by atoms with Gasteiger partial charge in [-0.25, -0.2) is 4.79 Å². The standard InChI is InChI=1S/C45H78O10/c1-9-11-17-36-40-21-20-34(10-2)16-14-12-13-15-18-37(47)32(6)38(48)26-35(52-8)27-39(49)33(7)44(51)30(4)19-22-43(50)53-42(36)28-45(54-40)24-23-29(3)41(55-45)25-31(5)46/h12-14,16,19,22,29-42,44,46-49,51H,9-11,15,17-18,20-21,23-28H2,1-8H3/b13-12-,16-14-,22-19-/t29-,30-,31+,32+,33-,34-,35+,36+,37+,38-,39+,40-,41-,42-,44+,45-/m0/s1. The van der Waals surface area contributed by atoms with Crippen molar-refractivity contribution in [2.45, 2.75) is 199 Å². The first-order valence-corrected chi connectivity index (χ1v) is 21.6. The first-order valence-electron chi connectivity index (χ1n) is 21.6. The topological polar surface area (TPSA) is 155 Å². The summed E-state index contributed by atoms with van der Waals surface area (Å²) >= 11 is 0. The Hall–Kier alpha value is -1.63. The Bertz CT molecular complexity index is 1190. The van der Waals surface area contributed by atoms with E-state index in [1.807, 2.05) is 26.0 Å². The van der Waals surface area contributed by atoms with Gasteiger partial charge in [0.15, 0.2) is 5.79 Å². The second kappa shape index (κ2) is 23.7. The van der Waals surface area contributed by atoms with Crippen molar-refractivity contribution < 1.29 is 49.3 Å². The molecule has 0 radical (unpaired) electrons. The van der Waals surface area contributed by atoms with Gasteiger partial charge in [-0.15, -0.1) is 0 Å². The van der Waals surface area contributed by atoms with Crippen molar-refractivity contribution >= 4 is 5.97 Å². The smallest absolute Gasteiger partial charge is 0.330 e. The molecular formula is C45H78O10. The molecule has 2 bridgehead atoms. The van der Waals surface area contributed by atoms with Crippen molar-refractivity contribution in [1.82, 2.24) is 0 Å². The summed E-state index contributed by atoms with van der Waals surface area (Å²) in [7, 11) is 1.54. The number of ether oxygens (including phenoxy) is 4. The van der Waals surface area contributed by atoms with Crippen LogP contribution in [0.4, 0.5) is 0 Å². The minimum Gasteiger partial charge on any atom is -0.459 e. The van der Waals surface area contributed by atoms with Crippen molar-refractivity contribution in [3.8, 4) is 0 Å². The number of fused-ring (bicyclic) bond motifs is 2. The normalized spacial score (nSPS) is 43.3. The number of hydrogen-bond donors (Lipinski definition) is 5. The Morgan fingerprint density at radius 2 is 1.60 bits per heavy atom. The third-order valence-corrected chi connectivity index (χ3v) is 12.9. The second-order valence-corrected chi connectivity index (χ2v) is 17.4. The van der Waals surface area contributed by atoms with Crippen molar-refractivity contribution in [1.29, 1.82) is 0 Å².